The maximum atomic E-state index is 11.3. The number of aliphatic hydroxyl groups excluding tert-OH is 5. The van der Waals surface area contributed by atoms with E-state index in [0.717, 1.165) is 0 Å². The maximum Gasteiger partial charge on any atom is 0.221 e. The molecule has 1 aromatic rings. The normalized spacial score (nSPS) is 25.3. The first-order valence-electron chi connectivity index (χ1n) is 10.9. The summed E-state index contributed by atoms with van der Waals surface area (Å²) in [6.45, 7) is 2.50. The van der Waals surface area contributed by atoms with Crippen molar-refractivity contribution < 1.29 is 230 Å². The number of hydrogen-bond donors (Lipinski definition) is 6. The van der Waals surface area contributed by atoms with Gasteiger partial charge in [0.05, 0.1) is 30.0 Å². The van der Waals surface area contributed by atoms with Gasteiger partial charge < -0.3 is 54.5 Å². The van der Waals surface area contributed by atoms with Crippen molar-refractivity contribution in [1.82, 2.24) is 0 Å². The van der Waals surface area contributed by atoms with Crippen LogP contribution in [0.1, 0.15) is 19.4 Å². The number of benzene rings is 1. The first-order chi connectivity index (χ1) is 16.5. The van der Waals surface area contributed by atoms with E-state index in [0.29, 0.717) is 16.3 Å². The fourth-order valence-electron chi connectivity index (χ4n) is 3.51. The molecule has 1 heterocycles. The minimum Gasteiger partial charge on any atom is -0.391 e. The van der Waals surface area contributed by atoms with Crippen molar-refractivity contribution in [3.05, 3.63) is 28.8 Å². The minimum atomic E-state index is -1.66. The standard InChI is InChI=1S/C22H34ClNO11.4Ac/c1-10(25)16(27)18(29)21(32-4)35-20-15(9-31-3)34-22(19(30)17(20)28)33-8-12-5-6-13(23)14(7-12)24-11(2)26;;;;/h5-7,10,15-22,25,27-30H,8-9H2,1-4H3,(H,24,26);;;;. The summed E-state index contributed by atoms with van der Waals surface area (Å²) in [7, 11) is 2.60. The van der Waals surface area contributed by atoms with E-state index < -0.39 is 55.3 Å². The van der Waals surface area contributed by atoms with E-state index in [9.17, 15) is 30.3 Å². The van der Waals surface area contributed by atoms with Crippen molar-refractivity contribution in [1.29, 1.82) is 0 Å². The van der Waals surface area contributed by atoms with Gasteiger partial charge in [-0.05, 0) is 24.6 Å². The van der Waals surface area contributed by atoms with Crippen LogP contribution in [0.3, 0.4) is 0 Å². The van der Waals surface area contributed by atoms with Crippen LogP contribution in [-0.4, -0.2) is 108 Å². The van der Waals surface area contributed by atoms with E-state index in [2.05, 4.69) is 5.32 Å². The molecular weight excluding hydrogens is 1400 g/mol. The molecule has 1 fully saturated rings. The number of halogens is 1. The number of aliphatic hydroxyl groups is 5. The van der Waals surface area contributed by atoms with E-state index in [-0.39, 0.29) is 195 Å². The topological polar surface area (TPSA) is 176 Å². The number of carbonyl (C=O) groups is 1. The molecule has 0 aromatic heterocycles. The number of anilines is 1. The van der Waals surface area contributed by atoms with Crippen molar-refractivity contribution >= 4 is 23.2 Å². The molecule has 0 spiro atoms. The van der Waals surface area contributed by atoms with Gasteiger partial charge in [-0.3, -0.25) is 4.79 Å². The summed E-state index contributed by atoms with van der Waals surface area (Å²) in [5.74, 6) is -0.298. The molecular formula is C22H34Ac4ClNO11. The summed E-state index contributed by atoms with van der Waals surface area (Å²) in [6, 6.07) is 4.84. The quantitative estimate of drug-likeness (QED) is 0.147. The summed E-state index contributed by atoms with van der Waals surface area (Å²) >= 11 is 6.08. The molecule has 0 aliphatic carbocycles. The van der Waals surface area contributed by atoms with Gasteiger partial charge in [-0.25, -0.2) is 0 Å². The number of nitrogens with one attached hydrogen (secondary N) is 1. The Morgan fingerprint density at radius 1 is 1.08 bits per heavy atom. The van der Waals surface area contributed by atoms with Gasteiger partial charge in [0.25, 0.3) is 0 Å². The Balaban J connectivity index is -0.00000324. The van der Waals surface area contributed by atoms with Crippen molar-refractivity contribution in [3.8, 4) is 0 Å². The smallest absolute Gasteiger partial charge is 0.221 e. The van der Waals surface area contributed by atoms with E-state index in [4.69, 9.17) is 35.3 Å². The minimum absolute atomic E-state index is 0. The molecule has 9 atom stereocenters. The zero-order valence-corrected chi connectivity index (χ0v) is 42.0. The summed E-state index contributed by atoms with van der Waals surface area (Å²) < 4.78 is 27.3. The van der Waals surface area contributed by atoms with E-state index in [1.54, 1.807) is 18.2 Å². The van der Waals surface area contributed by atoms with Gasteiger partial charge in [-0.15, -0.1) is 0 Å². The largest absolute Gasteiger partial charge is 0.391 e. The van der Waals surface area contributed by atoms with Gasteiger partial charge in [-0.2, -0.15) is 0 Å². The fourth-order valence-corrected chi connectivity index (χ4v) is 3.68. The van der Waals surface area contributed by atoms with Crippen LogP contribution in [0.5, 0.6) is 0 Å². The number of amides is 1. The van der Waals surface area contributed by atoms with Gasteiger partial charge in [-0.1, -0.05) is 17.7 Å². The first kappa shape index (κ1) is 47.8. The molecule has 39 heavy (non-hydrogen) atoms. The second kappa shape index (κ2) is 24.5. The molecule has 1 amide bonds. The SMILES string of the molecule is COCC1OC(OCc2ccc(Cl)c(NC(C)=O)c2)C(O)C(O)C1OC(OC)C(O)C(O)C(C)O.[Ac].[Ac].[Ac].[Ac]. The van der Waals surface area contributed by atoms with Gasteiger partial charge in [0, 0.05) is 197 Å². The van der Waals surface area contributed by atoms with Crippen LogP contribution >= 0.6 is 11.6 Å². The molecule has 2 rings (SSSR count). The second-order valence-electron chi connectivity index (χ2n) is 8.21. The summed E-state index contributed by atoms with van der Waals surface area (Å²) in [5.41, 5.74) is 1.000. The Labute approximate surface area is 376 Å². The van der Waals surface area contributed by atoms with Gasteiger partial charge in [0.1, 0.15) is 36.6 Å². The second-order valence-corrected chi connectivity index (χ2v) is 8.62. The van der Waals surface area contributed by atoms with Gasteiger partial charge in [0.2, 0.25) is 5.91 Å². The van der Waals surface area contributed by atoms with Crippen LogP contribution < -0.4 is 5.32 Å². The van der Waals surface area contributed by atoms with E-state index in [1.807, 2.05) is 0 Å². The summed E-state index contributed by atoms with van der Waals surface area (Å²) in [6.07, 6.45) is -12.6. The number of ether oxygens (including phenoxy) is 5. The van der Waals surface area contributed by atoms with Crippen LogP contribution in [0.4, 0.5) is 5.69 Å². The van der Waals surface area contributed by atoms with Crippen molar-refractivity contribution in [2.45, 2.75) is 75.8 Å². The third kappa shape index (κ3) is 15.2. The monoisotopic (exact) mass is 1430 g/mol. The number of rotatable bonds is 12. The summed E-state index contributed by atoms with van der Waals surface area (Å²) in [5, 5.41) is 54.0. The Morgan fingerprint density at radius 2 is 1.69 bits per heavy atom. The number of hydrogen-bond acceptors (Lipinski definition) is 11. The first-order valence-corrected chi connectivity index (χ1v) is 11.3. The predicted molar refractivity (Wildman–Crippen MR) is 122 cm³/mol. The summed E-state index contributed by atoms with van der Waals surface area (Å²) in [4.78, 5) is 11.3. The van der Waals surface area contributed by atoms with Crippen molar-refractivity contribution in [2.75, 3.05) is 26.1 Å². The molecule has 212 valence electrons. The molecule has 9 unspecified atom stereocenters. The zero-order valence-electron chi connectivity index (χ0n) is 22.2. The molecule has 1 aromatic carbocycles. The molecule has 1 aliphatic heterocycles. The maximum absolute atomic E-state index is 11.3. The van der Waals surface area contributed by atoms with Crippen LogP contribution in [0.15, 0.2) is 18.2 Å². The molecule has 1 saturated heterocycles. The average Bonchev–Trinajstić information content (AvgIpc) is 2.81. The molecule has 4 radical (unpaired) electrons. The number of carbonyl (C=O) groups excluding carboxylic acids is 1. The molecule has 0 saturated carbocycles. The van der Waals surface area contributed by atoms with Crippen LogP contribution in [0, 0.1) is 176 Å². The van der Waals surface area contributed by atoms with Crippen LogP contribution in [-0.2, 0) is 35.1 Å². The Hall–Kier alpha value is 4.35. The number of methoxy groups -OCH3 is 2. The molecule has 6 N–H and O–H groups in total. The van der Waals surface area contributed by atoms with Crippen molar-refractivity contribution in [3.63, 3.8) is 0 Å². The Bertz CT molecular complexity index is 832. The molecule has 1 aliphatic rings. The molecule has 12 nitrogen and oxygen atoms in total. The van der Waals surface area contributed by atoms with Crippen LogP contribution in [0.2, 0.25) is 5.02 Å². The molecule has 0 bridgehead atoms. The predicted octanol–water partition coefficient (Wildman–Crippen LogP) is -0.632. The van der Waals surface area contributed by atoms with E-state index in [1.165, 1.54) is 28.1 Å². The van der Waals surface area contributed by atoms with Crippen LogP contribution in [0.25, 0.3) is 0 Å². The molecule has 17 heteroatoms. The third-order valence-electron chi connectivity index (χ3n) is 5.37. The Kier molecular flexibility index (Phi) is 30.0. The Morgan fingerprint density at radius 3 is 2.21 bits per heavy atom. The van der Waals surface area contributed by atoms with Gasteiger partial charge >= 0.3 is 0 Å². The van der Waals surface area contributed by atoms with Gasteiger partial charge in [0.15, 0.2) is 12.6 Å². The fraction of sp³-hybridized carbons (Fsp3) is 0.682. The van der Waals surface area contributed by atoms with Crippen molar-refractivity contribution in [2.24, 2.45) is 0 Å². The average molecular weight is 1430 g/mol. The third-order valence-corrected chi connectivity index (χ3v) is 5.70. The van der Waals surface area contributed by atoms with E-state index >= 15 is 0 Å². The zero-order chi connectivity index (χ0) is 26.3.